The minimum absolute atomic E-state index is 0.568. The second-order valence-electron chi connectivity index (χ2n) is 4.80. The second kappa shape index (κ2) is 6.88. The van der Waals surface area contributed by atoms with E-state index in [1.54, 1.807) is 6.20 Å². The molecule has 0 saturated carbocycles. The van der Waals surface area contributed by atoms with Crippen molar-refractivity contribution in [2.45, 2.75) is 39.7 Å². The quantitative estimate of drug-likeness (QED) is 0.755. The highest BCUT2D eigenvalue weighted by molar-refractivity contribution is 5.54. The van der Waals surface area contributed by atoms with Crippen molar-refractivity contribution in [1.29, 1.82) is 0 Å². The van der Waals surface area contributed by atoms with Crippen LogP contribution >= 0.6 is 0 Å². The molecule has 0 aromatic carbocycles. The fourth-order valence-corrected chi connectivity index (χ4v) is 1.97. The molecule has 108 valence electrons. The molecule has 0 amide bonds. The van der Waals surface area contributed by atoms with Crippen LogP contribution in [0.15, 0.2) is 18.5 Å². The maximum atomic E-state index is 5.93. The molecule has 0 spiro atoms. The van der Waals surface area contributed by atoms with E-state index in [4.69, 9.17) is 5.73 Å². The smallest absolute Gasteiger partial charge is 0.134 e. The Morgan fingerprint density at radius 2 is 2.20 bits per heavy atom. The molecule has 6 nitrogen and oxygen atoms in total. The first kappa shape index (κ1) is 14.3. The molecule has 0 fully saturated rings. The molecule has 6 heteroatoms. The maximum Gasteiger partial charge on any atom is 0.134 e. The fraction of sp³-hybridized carbons (Fsp3) is 0.500. The molecular formula is C14H22N6. The summed E-state index contributed by atoms with van der Waals surface area (Å²) in [5, 5.41) is 7.52. The first-order valence-electron chi connectivity index (χ1n) is 7.05. The summed E-state index contributed by atoms with van der Waals surface area (Å²) in [4.78, 5) is 8.84. The van der Waals surface area contributed by atoms with Crippen molar-refractivity contribution in [3.63, 3.8) is 0 Å². The normalized spacial score (nSPS) is 10.7. The fourth-order valence-electron chi connectivity index (χ4n) is 1.97. The summed E-state index contributed by atoms with van der Waals surface area (Å²) in [6, 6.07) is 1.93. The average Bonchev–Trinajstić information content (AvgIpc) is 2.93. The summed E-state index contributed by atoms with van der Waals surface area (Å²) in [5.74, 6) is 2.23. The van der Waals surface area contributed by atoms with Crippen molar-refractivity contribution in [3.05, 3.63) is 29.8 Å². The van der Waals surface area contributed by atoms with Crippen LogP contribution in [0, 0.1) is 6.92 Å². The Bertz CT molecular complexity index is 535. The van der Waals surface area contributed by atoms with Crippen LogP contribution in [-0.2, 0) is 13.0 Å². The van der Waals surface area contributed by atoms with Gasteiger partial charge >= 0.3 is 0 Å². The van der Waals surface area contributed by atoms with Gasteiger partial charge in [0.2, 0.25) is 0 Å². The Labute approximate surface area is 119 Å². The van der Waals surface area contributed by atoms with E-state index in [2.05, 4.69) is 27.3 Å². The van der Waals surface area contributed by atoms with Gasteiger partial charge in [0.05, 0.1) is 0 Å². The Morgan fingerprint density at radius 1 is 1.35 bits per heavy atom. The van der Waals surface area contributed by atoms with Gasteiger partial charge in [-0.3, -0.25) is 4.68 Å². The number of rotatable bonds is 7. The van der Waals surface area contributed by atoms with Gasteiger partial charge in [0.1, 0.15) is 17.5 Å². The number of hydrogen-bond donors (Lipinski definition) is 2. The summed E-state index contributed by atoms with van der Waals surface area (Å²) in [5.41, 5.74) is 6.85. The first-order chi connectivity index (χ1) is 9.70. The zero-order valence-electron chi connectivity index (χ0n) is 12.1. The molecule has 0 saturated heterocycles. The zero-order valence-corrected chi connectivity index (χ0v) is 12.1. The largest absolute Gasteiger partial charge is 0.383 e. The topological polar surface area (TPSA) is 81.6 Å². The minimum Gasteiger partial charge on any atom is -0.383 e. The standard InChI is InChI=1S/C14H22N6/c1-3-6-12-18-13(15)11(2)14(19-12)16-7-4-9-20-10-5-8-17-20/h5,8,10H,3-4,6-7,9H2,1-2H3,(H3,15,16,18,19). The van der Waals surface area contributed by atoms with Crippen LogP contribution in [0.3, 0.4) is 0 Å². The van der Waals surface area contributed by atoms with Crippen molar-refractivity contribution < 1.29 is 0 Å². The van der Waals surface area contributed by atoms with Crippen LogP contribution in [0.25, 0.3) is 0 Å². The van der Waals surface area contributed by atoms with Gasteiger partial charge in [-0.15, -0.1) is 0 Å². The molecule has 0 radical (unpaired) electrons. The highest BCUT2D eigenvalue weighted by atomic mass is 15.3. The van der Waals surface area contributed by atoms with E-state index >= 15 is 0 Å². The zero-order chi connectivity index (χ0) is 14.4. The van der Waals surface area contributed by atoms with Crippen LogP contribution in [0.4, 0.5) is 11.6 Å². The SMILES string of the molecule is CCCc1nc(N)c(C)c(NCCCn2cccn2)n1. The van der Waals surface area contributed by atoms with Crippen molar-refractivity contribution >= 4 is 11.6 Å². The number of nitrogens with two attached hydrogens (primary N) is 1. The number of nitrogens with zero attached hydrogens (tertiary/aromatic N) is 4. The summed E-state index contributed by atoms with van der Waals surface area (Å²) in [7, 11) is 0. The highest BCUT2D eigenvalue weighted by Crippen LogP contribution is 2.17. The molecule has 2 aromatic heterocycles. The molecule has 20 heavy (non-hydrogen) atoms. The van der Waals surface area contributed by atoms with E-state index < -0.39 is 0 Å². The lowest BCUT2D eigenvalue weighted by Crippen LogP contribution is -2.12. The Kier molecular flexibility index (Phi) is 4.92. The van der Waals surface area contributed by atoms with Crippen LogP contribution in [-0.4, -0.2) is 26.3 Å². The number of nitrogens with one attached hydrogen (secondary N) is 1. The van der Waals surface area contributed by atoms with Crippen molar-refractivity contribution in [2.75, 3.05) is 17.6 Å². The lowest BCUT2D eigenvalue weighted by Gasteiger charge is -2.11. The maximum absolute atomic E-state index is 5.93. The molecule has 0 aliphatic heterocycles. The predicted molar refractivity (Wildman–Crippen MR) is 80.5 cm³/mol. The Morgan fingerprint density at radius 3 is 2.90 bits per heavy atom. The van der Waals surface area contributed by atoms with E-state index in [0.29, 0.717) is 5.82 Å². The van der Waals surface area contributed by atoms with Gasteiger partial charge in [0, 0.05) is 37.5 Å². The number of nitrogen functional groups attached to an aromatic ring is 1. The number of aromatic nitrogens is 4. The second-order valence-corrected chi connectivity index (χ2v) is 4.80. The minimum atomic E-state index is 0.568. The number of anilines is 2. The molecule has 2 rings (SSSR count). The summed E-state index contributed by atoms with van der Waals surface area (Å²) < 4.78 is 1.92. The lowest BCUT2D eigenvalue weighted by molar-refractivity contribution is 0.591. The van der Waals surface area contributed by atoms with E-state index in [9.17, 15) is 0 Å². The van der Waals surface area contributed by atoms with Gasteiger partial charge in [-0.05, 0) is 25.8 Å². The van der Waals surface area contributed by atoms with Gasteiger partial charge in [0.15, 0.2) is 0 Å². The molecule has 0 aliphatic rings. The monoisotopic (exact) mass is 274 g/mol. The van der Waals surface area contributed by atoms with Crippen molar-refractivity contribution in [2.24, 2.45) is 0 Å². The lowest BCUT2D eigenvalue weighted by atomic mass is 10.2. The highest BCUT2D eigenvalue weighted by Gasteiger charge is 2.07. The third-order valence-electron chi connectivity index (χ3n) is 3.12. The van der Waals surface area contributed by atoms with E-state index in [1.165, 1.54) is 0 Å². The molecular weight excluding hydrogens is 252 g/mol. The van der Waals surface area contributed by atoms with Crippen LogP contribution in [0.5, 0.6) is 0 Å². The van der Waals surface area contributed by atoms with Crippen molar-refractivity contribution in [3.8, 4) is 0 Å². The van der Waals surface area contributed by atoms with Gasteiger partial charge in [-0.1, -0.05) is 6.92 Å². The molecule has 0 atom stereocenters. The van der Waals surface area contributed by atoms with Gasteiger partial charge in [-0.25, -0.2) is 9.97 Å². The molecule has 0 bridgehead atoms. The Hall–Kier alpha value is -2.11. The van der Waals surface area contributed by atoms with Crippen LogP contribution in [0.2, 0.25) is 0 Å². The average molecular weight is 274 g/mol. The molecule has 2 aromatic rings. The molecule has 0 aliphatic carbocycles. The van der Waals surface area contributed by atoms with Gasteiger partial charge < -0.3 is 11.1 Å². The Balaban J connectivity index is 1.91. The summed E-state index contributed by atoms with van der Waals surface area (Å²) >= 11 is 0. The van der Waals surface area contributed by atoms with E-state index in [-0.39, 0.29) is 0 Å². The third-order valence-corrected chi connectivity index (χ3v) is 3.12. The van der Waals surface area contributed by atoms with Gasteiger partial charge in [0.25, 0.3) is 0 Å². The number of hydrogen-bond acceptors (Lipinski definition) is 5. The molecule has 2 heterocycles. The summed E-state index contributed by atoms with van der Waals surface area (Å²) in [6.45, 7) is 5.78. The predicted octanol–water partition coefficient (Wildman–Crippen LogP) is 2.02. The molecule has 0 unspecified atom stereocenters. The first-order valence-corrected chi connectivity index (χ1v) is 7.05. The number of aryl methyl sites for hydroxylation is 2. The van der Waals surface area contributed by atoms with E-state index in [0.717, 1.165) is 49.6 Å². The van der Waals surface area contributed by atoms with Crippen LogP contribution < -0.4 is 11.1 Å². The van der Waals surface area contributed by atoms with Gasteiger partial charge in [-0.2, -0.15) is 5.10 Å². The van der Waals surface area contributed by atoms with E-state index in [1.807, 2.05) is 23.9 Å². The molecule has 3 N–H and O–H groups in total. The third kappa shape index (κ3) is 3.69. The van der Waals surface area contributed by atoms with Crippen LogP contribution in [0.1, 0.15) is 31.2 Å². The summed E-state index contributed by atoms with van der Waals surface area (Å²) in [6.07, 6.45) is 6.61. The van der Waals surface area contributed by atoms with Crippen molar-refractivity contribution in [1.82, 2.24) is 19.7 Å².